The Bertz CT molecular complexity index is 555. The number of carboxylic acid groups (broad SMARTS) is 1. The molecule has 1 aromatic heterocycles. The van der Waals surface area contributed by atoms with Gasteiger partial charge in [0, 0.05) is 6.04 Å². The maximum Gasteiger partial charge on any atom is 0.307 e. The summed E-state index contributed by atoms with van der Waals surface area (Å²) in [6, 6.07) is 1.68. The van der Waals surface area contributed by atoms with Crippen LogP contribution in [-0.2, 0) is 4.79 Å². The van der Waals surface area contributed by atoms with Crippen molar-refractivity contribution in [3.63, 3.8) is 0 Å². The van der Waals surface area contributed by atoms with Gasteiger partial charge in [-0.15, -0.1) is 11.3 Å². The van der Waals surface area contributed by atoms with Gasteiger partial charge < -0.3 is 10.4 Å². The molecule has 3 atom stereocenters. The van der Waals surface area contributed by atoms with Crippen molar-refractivity contribution in [1.29, 1.82) is 0 Å². The van der Waals surface area contributed by atoms with Crippen molar-refractivity contribution in [2.75, 3.05) is 0 Å². The molecular formula is C15H20ClNO3S. The van der Waals surface area contributed by atoms with E-state index in [4.69, 9.17) is 11.6 Å². The molecule has 0 spiro atoms. The fraction of sp³-hybridized carbons (Fsp3) is 0.600. The Hall–Kier alpha value is -1.07. The summed E-state index contributed by atoms with van der Waals surface area (Å²) in [5.41, 5.74) is -0.360. The predicted octanol–water partition coefficient (Wildman–Crippen LogP) is 3.66. The lowest BCUT2D eigenvalue weighted by Crippen LogP contribution is -2.52. The van der Waals surface area contributed by atoms with E-state index < -0.39 is 5.97 Å². The van der Waals surface area contributed by atoms with Gasteiger partial charge in [0.15, 0.2) is 0 Å². The van der Waals surface area contributed by atoms with Gasteiger partial charge in [0.1, 0.15) is 4.88 Å². The van der Waals surface area contributed by atoms with Crippen LogP contribution in [0.15, 0.2) is 11.4 Å². The molecule has 6 heteroatoms. The first-order valence-corrected chi connectivity index (χ1v) is 8.27. The number of nitrogens with one attached hydrogen (secondary N) is 1. The lowest BCUT2D eigenvalue weighted by molar-refractivity contribution is -0.150. The lowest BCUT2D eigenvalue weighted by Gasteiger charge is -2.46. The van der Waals surface area contributed by atoms with Gasteiger partial charge in [-0.2, -0.15) is 0 Å². The number of thiophene rings is 1. The lowest BCUT2D eigenvalue weighted by atomic mass is 9.61. The van der Waals surface area contributed by atoms with E-state index in [1.165, 1.54) is 11.3 Å². The standard InChI is InChI=1S/C15H20ClNO3S/c1-8-11(5-4-9(14(19)20)15(8,2)3)17-13(18)12-10(16)6-7-21-12/h6-9,11H,4-5H2,1-3H3,(H,17,18)(H,19,20). The predicted molar refractivity (Wildman–Crippen MR) is 83.9 cm³/mol. The first-order chi connectivity index (χ1) is 9.75. The zero-order chi connectivity index (χ0) is 15.8. The molecule has 0 saturated heterocycles. The highest BCUT2D eigenvalue weighted by Gasteiger charge is 2.46. The molecule has 3 unspecified atom stereocenters. The number of carbonyl (C=O) groups excluding carboxylic acids is 1. The monoisotopic (exact) mass is 329 g/mol. The summed E-state index contributed by atoms with van der Waals surface area (Å²) >= 11 is 7.30. The maximum absolute atomic E-state index is 12.3. The summed E-state index contributed by atoms with van der Waals surface area (Å²) in [6.07, 6.45) is 1.26. The smallest absolute Gasteiger partial charge is 0.307 e. The molecule has 1 aromatic rings. The van der Waals surface area contributed by atoms with Crippen molar-refractivity contribution in [1.82, 2.24) is 5.32 Å². The first-order valence-electron chi connectivity index (χ1n) is 7.01. The van der Waals surface area contributed by atoms with Crippen LogP contribution in [0.4, 0.5) is 0 Å². The van der Waals surface area contributed by atoms with Crippen LogP contribution in [0, 0.1) is 17.3 Å². The molecular weight excluding hydrogens is 310 g/mol. The maximum atomic E-state index is 12.3. The summed E-state index contributed by atoms with van der Waals surface area (Å²) in [6.45, 7) is 5.94. The van der Waals surface area contributed by atoms with Crippen LogP contribution in [0.2, 0.25) is 5.02 Å². The molecule has 1 fully saturated rings. The van der Waals surface area contributed by atoms with E-state index in [1.807, 2.05) is 20.8 Å². The van der Waals surface area contributed by atoms with E-state index >= 15 is 0 Å². The molecule has 2 rings (SSSR count). The van der Waals surface area contributed by atoms with Crippen LogP contribution in [-0.4, -0.2) is 23.0 Å². The van der Waals surface area contributed by atoms with Gasteiger partial charge in [0.05, 0.1) is 10.9 Å². The molecule has 4 nitrogen and oxygen atoms in total. The number of carboxylic acids is 1. The third-order valence-electron chi connectivity index (χ3n) is 4.88. The third-order valence-corrected chi connectivity index (χ3v) is 6.22. The Balaban J connectivity index is 2.11. The van der Waals surface area contributed by atoms with E-state index in [0.717, 1.165) is 0 Å². The second-order valence-electron chi connectivity index (χ2n) is 6.26. The molecule has 1 amide bonds. The van der Waals surface area contributed by atoms with Gasteiger partial charge in [-0.05, 0) is 35.6 Å². The van der Waals surface area contributed by atoms with Crippen LogP contribution >= 0.6 is 22.9 Å². The van der Waals surface area contributed by atoms with Gasteiger partial charge >= 0.3 is 5.97 Å². The number of carbonyl (C=O) groups is 2. The summed E-state index contributed by atoms with van der Waals surface area (Å²) in [5.74, 6) is -1.21. The molecule has 0 radical (unpaired) electrons. The van der Waals surface area contributed by atoms with E-state index in [-0.39, 0.29) is 29.2 Å². The molecule has 1 aliphatic carbocycles. The second-order valence-corrected chi connectivity index (χ2v) is 7.58. The fourth-order valence-corrected chi connectivity index (χ4v) is 4.18. The average Bonchev–Trinajstić information content (AvgIpc) is 2.81. The van der Waals surface area contributed by atoms with E-state index in [2.05, 4.69) is 5.32 Å². The van der Waals surface area contributed by atoms with Crippen molar-refractivity contribution < 1.29 is 14.7 Å². The number of hydrogen-bond donors (Lipinski definition) is 2. The summed E-state index contributed by atoms with van der Waals surface area (Å²) in [7, 11) is 0. The molecule has 1 heterocycles. The molecule has 0 bridgehead atoms. The largest absolute Gasteiger partial charge is 0.481 e. The highest BCUT2D eigenvalue weighted by atomic mass is 35.5. The minimum Gasteiger partial charge on any atom is -0.481 e. The Kier molecular flexibility index (Phi) is 4.63. The second kappa shape index (κ2) is 5.97. The molecule has 2 N–H and O–H groups in total. The SMILES string of the molecule is CC1C(NC(=O)c2sccc2Cl)CCC(C(=O)O)C1(C)C. The van der Waals surface area contributed by atoms with Crippen LogP contribution in [0.25, 0.3) is 0 Å². The highest BCUT2D eigenvalue weighted by Crippen LogP contribution is 2.45. The Labute approximate surface area is 133 Å². The van der Waals surface area contributed by atoms with Gasteiger partial charge in [0.25, 0.3) is 5.91 Å². The van der Waals surface area contributed by atoms with Gasteiger partial charge in [-0.25, -0.2) is 0 Å². The fourth-order valence-electron chi connectivity index (χ4n) is 3.13. The third kappa shape index (κ3) is 3.09. The van der Waals surface area contributed by atoms with E-state index in [1.54, 1.807) is 11.4 Å². The first kappa shape index (κ1) is 16.3. The summed E-state index contributed by atoms with van der Waals surface area (Å²) in [4.78, 5) is 24.2. The van der Waals surface area contributed by atoms with Gasteiger partial charge in [-0.1, -0.05) is 32.4 Å². The molecule has 1 saturated carbocycles. The molecule has 0 aromatic carbocycles. The minimum absolute atomic E-state index is 0.0266. The summed E-state index contributed by atoms with van der Waals surface area (Å²) in [5, 5.41) is 14.6. The normalized spacial score (nSPS) is 28.1. The topological polar surface area (TPSA) is 66.4 Å². The van der Waals surface area contributed by atoms with Gasteiger partial charge in [0.2, 0.25) is 0 Å². The van der Waals surface area contributed by atoms with E-state index in [0.29, 0.717) is 22.7 Å². The molecule has 0 aliphatic heterocycles. The van der Waals surface area contributed by atoms with Gasteiger partial charge in [-0.3, -0.25) is 9.59 Å². The molecule has 21 heavy (non-hydrogen) atoms. The number of amides is 1. The Morgan fingerprint density at radius 1 is 1.43 bits per heavy atom. The number of halogens is 1. The van der Waals surface area contributed by atoms with Crippen molar-refractivity contribution in [2.24, 2.45) is 17.3 Å². The Morgan fingerprint density at radius 2 is 2.10 bits per heavy atom. The van der Waals surface area contributed by atoms with Crippen molar-refractivity contribution in [2.45, 2.75) is 39.7 Å². The number of hydrogen-bond acceptors (Lipinski definition) is 3. The van der Waals surface area contributed by atoms with Crippen LogP contribution in [0.3, 0.4) is 0 Å². The summed E-state index contributed by atoms with van der Waals surface area (Å²) < 4.78 is 0. The van der Waals surface area contributed by atoms with E-state index in [9.17, 15) is 14.7 Å². The van der Waals surface area contributed by atoms with Crippen molar-refractivity contribution in [3.05, 3.63) is 21.3 Å². The average molecular weight is 330 g/mol. The highest BCUT2D eigenvalue weighted by molar-refractivity contribution is 7.12. The zero-order valence-electron chi connectivity index (χ0n) is 12.4. The van der Waals surface area contributed by atoms with Crippen LogP contribution in [0.1, 0.15) is 43.3 Å². The number of aliphatic carboxylic acids is 1. The van der Waals surface area contributed by atoms with Crippen LogP contribution in [0.5, 0.6) is 0 Å². The van der Waals surface area contributed by atoms with Crippen molar-refractivity contribution >= 4 is 34.8 Å². The zero-order valence-corrected chi connectivity index (χ0v) is 13.9. The quantitative estimate of drug-likeness (QED) is 0.889. The molecule has 1 aliphatic rings. The minimum atomic E-state index is -0.752. The Morgan fingerprint density at radius 3 is 2.62 bits per heavy atom. The number of rotatable bonds is 3. The van der Waals surface area contributed by atoms with Crippen molar-refractivity contribution in [3.8, 4) is 0 Å². The van der Waals surface area contributed by atoms with Crippen LogP contribution < -0.4 is 5.32 Å². The molecule has 116 valence electrons.